The number of para-hydroxylation sites is 1. The zero-order valence-corrected chi connectivity index (χ0v) is 10.3. The van der Waals surface area contributed by atoms with Crippen molar-refractivity contribution >= 4 is 11.8 Å². The van der Waals surface area contributed by atoms with E-state index in [0.717, 1.165) is 17.7 Å². The number of carbonyl (C=O) groups is 1. The first-order chi connectivity index (χ1) is 8.77. The number of fused-ring (bicyclic) bond motifs is 1. The molecule has 0 N–H and O–H groups in total. The summed E-state index contributed by atoms with van der Waals surface area (Å²) in [6.45, 7) is 1.10. The van der Waals surface area contributed by atoms with Crippen LogP contribution in [0.3, 0.4) is 0 Å². The largest absolute Gasteiger partial charge is 0.449 e. The molecule has 0 saturated carbocycles. The number of halogens is 1. The summed E-state index contributed by atoms with van der Waals surface area (Å²) in [6.07, 6.45) is 0.239. The van der Waals surface area contributed by atoms with Crippen LogP contribution >= 0.6 is 0 Å². The van der Waals surface area contributed by atoms with Crippen LogP contribution < -0.4 is 4.90 Å². The Hall–Kier alpha value is -1.62. The van der Waals surface area contributed by atoms with Crippen LogP contribution in [0.2, 0.25) is 0 Å². The van der Waals surface area contributed by atoms with Gasteiger partial charge in [-0.15, -0.1) is 0 Å². The maximum Gasteiger partial charge on any atom is 0.416 e. The number of ether oxygens (including phenoxy) is 2. The second-order valence-electron chi connectivity index (χ2n) is 3.97. The van der Waals surface area contributed by atoms with Crippen molar-refractivity contribution in [3.8, 4) is 0 Å². The van der Waals surface area contributed by atoms with Crippen LogP contribution in [0.15, 0.2) is 24.3 Å². The van der Waals surface area contributed by atoms with Crippen LogP contribution in [0.4, 0.5) is 14.9 Å². The third-order valence-corrected chi connectivity index (χ3v) is 2.92. The van der Waals surface area contributed by atoms with Gasteiger partial charge in [-0.3, -0.25) is 4.90 Å². The van der Waals surface area contributed by atoms with Crippen LogP contribution in [0.5, 0.6) is 0 Å². The lowest BCUT2D eigenvalue weighted by Crippen LogP contribution is -2.45. The average molecular weight is 253 g/mol. The highest BCUT2D eigenvalue weighted by Gasteiger charge is 2.32. The molecule has 1 unspecified atom stereocenters. The number of anilines is 1. The molecule has 0 spiro atoms. The number of benzene rings is 1. The van der Waals surface area contributed by atoms with Gasteiger partial charge in [0.2, 0.25) is 0 Å². The van der Waals surface area contributed by atoms with Gasteiger partial charge in [-0.1, -0.05) is 18.2 Å². The molecule has 1 aromatic carbocycles. The van der Waals surface area contributed by atoms with Crippen LogP contribution in [-0.2, 0) is 15.9 Å². The lowest BCUT2D eigenvalue weighted by molar-refractivity contribution is -0.0117. The number of nitrogens with zero attached hydrogens (tertiary/aromatic N) is 1. The zero-order valence-electron chi connectivity index (χ0n) is 10.3. The Balaban J connectivity index is 2.31. The standard InChI is InChI=1S/C13H16FNO3/c1-2-17-13(16)15-11-6-4-3-5-10(11)7-8-12(15)18-9-14/h3-6,12H,2,7-9H2,1H3. The Morgan fingerprint density at radius 3 is 3.00 bits per heavy atom. The van der Waals surface area contributed by atoms with Gasteiger partial charge >= 0.3 is 6.09 Å². The van der Waals surface area contributed by atoms with Gasteiger partial charge < -0.3 is 9.47 Å². The third kappa shape index (κ3) is 2.46. The van der Waals surface area contributed by atoms with Crippen molar-refractivity contribution in [3.63, 3.8) is 0 Å². The summed E-state index contributed by atoms with van der Waals surface area (Å²) in [5.74, 6) is 0. The Morgan fingerprint density at radius 1 is 1.50 bits per heavy atom. The van der Waals surface area contributed by atoms with Crippen LogP contribution in [0, 0.1) is 0 Å². The minimum atomic E-state index is -0.914. The van der Waals surface area contributed by atoms with E-state index in [1.165, 1.54) is 4.90 Å². The van der Waals surface area contributed by atoms with Crippen molar-refractivity contribution in [1.29, 1.82) is 0 Å². The molecular weight excluding hydrogens is 237 g/mol. The molecule has 0 saturated heterocycles. The smallest absolute Gasteiger partial charge is 0.416 e. The summed E-state index contributed by atoms with van der Waals surface area (Å²) in [5, 5.41) is 0. The monoisotopic (exact) mass is 253 g/mol. The van der Waals surface area contributed by atoms with Crippen molar-refractivity contribution < 1.29 is 18.7 Å². The van der Waals surface area contributed by atoms with Gasteiger partial charge in [0.1, 0.15) is 6.23 Å². The van der Waals surface area contributed by atoms with Crippen LogP contribution in [0.25, 0.3) is 0 Å². The van der Waals surface area contributed by atoms with Gasteiger partial charge in [0.15, 0.2) is 6.86 Å². The van der Waals surface area contributed by atoms with E-state index in [4.69, 9.17) is 9.47 Å². The molecule has 5 heteroatoms. The van der Waals surface area contributed by atoms with Crippen LogP contribution in [-0.4, -0.2) is 25.8 Å². The van der Waals surface area contributed by atoms with E-state index < -0.39 is 19.2 Å². The van der Waals surface area contributed by atoms with Crippen molar-refractivity contribution in [3.05, 3.63) is 29.8 Å². The summed E-state index contributed by atoms with van der Waals surface area (Å²) in [7, 11) is 0. The molecule has 1 aliphatic heterocycles. The van der Waals surface area contributed by atoms with E-state index in [2.05, 4.69) is 0 Å². The molecule has 0 aliphatic carbocycles. The SMILES string of the molecule is CCOC(=O)N1c2ccccc2CCC1OCF. The van der Waals surface area contributed by atoms with Gasteiger partial charge in [0.25, 0.3) is 0 Å². The fraction of sp³-hybridized carbons (Fsp3) is 0.462. The Bertz CT molecular complexity index is 424. The molecule has 2 rings (SSSR count). The van der Waals surface area contributed by atoms with Gasteiger partial charge in [0.05, 0.1) is 12.3 Å². The fourth-order valence-electron chi connectivity index (χ4n) is 2.16. The molecule has 0 fully saturated rings. The number of rotatable bonds is 3. The van der Waals surface area contributed by atoms with E-state index in [1.54, 1.807) is 6.92 Å². The maximum atomic E-state index is 12.4. The van der Waals surface area contributed by atoms with Crippen molar-refractivity contribution in [2.45, 2.75) is 26.0 Å². The number of carbonyl (C=O) groups excluding carboxylic acids is 1. The predicted octanol–water partition coefficient (Wildman–Crippen LogP) is 2.87. The highest BCUT2D eigenvalue weighted by Crippen LogP contribution is 2.31. The first-order valence-electron chi connectivity index (χ1n) is 5.99. The number of alkyl halides is 1. The number of aryl methyl sites for hydroxylation is 1. The first-order valence-corrected chi connectivity index (χ1v) is 5.99. The molecule has 1 aromatic rings. The van der Waals surface area contributed by atoms with E-state index in [9.17, 15) is 9.18 Å². The fourth-order valence-corrected chi connectivity index (χ4v) is 2.16. The molecule has 0 bridgehead atoms. The quantitative estimate of drug-likeness (QED) is 0.831. The van der Waals surface area contributed by atoms with E-state index >= 15 is 0 Å². The lowest BCUT2D eigenvalue weighted by atomic mass is 10.0. The number of hydrogen-bond acceptors (Lipinski definition) is 3. The molecule has 0 aromatic heterocycles. The summed E-state index contributed by atoms with van der Waals surface area (Å²) >= 11 is 0. The number of hydrogen-bond donors (Lipinski definition) is 0. The molecular formula is C13H16FNO3. The molecule has 18 heavy (non-hydrogen) atoms. The summed E-state index contributed by atoms with van der Waals surface area (Å²) in [4.78, 5) is 13.3. The maximum absolute atomic E-state index is 12.4. The highest BCUT2D eigenvalue weighted by atomic mass is 19.1. The third-order valence-electron chi connectivity index (χ3n) is 2.92. The number of amides is 1. The van der Waals surface area contributed by atoms with Gasteiger partial charge in [-0.2, -0.15) is 0 Å². The minimum Gasteiger partial charge on any atom is -0.449 e. The van der Waals surface area contributed by atoms with E-state index in [1.807, 2.05) is 24.3 Å². The summed E-state index contributed by atoms with van der Waals surface area (Å²) in [6, 6.07) is 7.52. The predicted molar refractivity (Wildman–Crippen MR) is 65.1 cm³/mol. The molecule has 1 amide bonds. The van der Waals surface area contributed by atoms with E-state index in [-0.39, 0.29) is 6.61 Å². The second-order valence-corrected chi connectivity index (χ2v) is 3.97. The van der Waals surface area contributed by atoms with Crippen LogP contribution in [0.1, 0.15) is 18.9 Å². The lowest BCUT2D eigenvalue weighted by Gasteiger charge is -2.35. The molecule has 4 nitrogen and oxygen atoms in total. The van der Waals surface area contributed by atoms with Gasteiger partial charge in [0, 0.05) is 0 Å². The van der Waals surface area contributed by atoms with Gasteiger partial charge in [-0.05, 0) is 31.4 Å². The highest BCUT2D eigenvalue weighted by molar-refractivity contribution is 5.89. The summed E-state index contributed by atoms with van der Waals surface area (Å²) in [5.41, 5.74) is 1.78. The Morgan fingerprint density at radius 2 is 2.28 bits per heavy atom. The van der Waals surface area contributed by atoms with Crippen molar-refractivity contribution in [2.24, 2.45) is 0 Å². The summed E-state index contributed by atoms with van der Waals surface area (Å²) < 4.78 is 22.4. The normalized spacial score (nSPS) is 18.3. The Labute approximate surface area is 105 Å². The zero-order chi connectivity index (χ0) is 13.0. The molecule has 1 aliphatic rings. The van der Waals surface area contributed by atoms with Gasteiger partial charge in [-0.25, -0.2) is 9.18 Å². The second kappa shape index (κ2) is 5.82. The molecule has 0 radical (unpaired) electrons. The van der Waals surface area contributed by atoms with E-state index in [0.29, 0.717) is 6.42 Å². The average Bonchev–Trinajstić information content (AvgIpc) is 2.39. The van der Waals surface area contributed by atoms with Crippen molar-refractivity contribution in [2.75, 3.05) is 18.4 Å². The van der Waals surface area contributed by atoms with Crippen molar-refractivity contribution in [1.82, 2.24) is 0 Å². The first kappa shape index (κ1) is 12.8. The molecule has 1 heterocycles. The molecule has 98 valence electrons. The minimum absolute atomic E-state index is 0.278. The molecule has 1 atom stereocenters. The topological polar surface area (TPSA) is 38.8 Å². The Kier molecular flexibility index (Phi) is 4.15.